The highest BCUT2D eigenvalue weighted by Crippen LogP contribution is 2.32. The molecule has 3 aromatic rings. The van der Waals surface area contributed by atoms with E-state index in [1.165, 1.54) is 0 Å². The number of benzene rings is 2. The molecular formula is C23H27ClN4O2. The second-order valence-corrected chi connectivity index (χ2v) is 7.37. The van der Waals surface area contributed by atoms with Gasteiger partial charge in [0.2, 0.25) is 5.88 Å². The average molecular weight is 427 g/mol. The fourth-order valence-electron chi connectivity index (χ4n) is 3.16. The summed E-state index contributed by atoms with van der Waals surface area (Å²) in [5, 5.41) is 8.25. The minimum Gasteiger partial charge on any atom is -0.439 e. The number of urea groups is 1. The molecule has 2 aromatic carbocycles. The summed E-state index contributed by atoms with van der Waals surface area (Å²) in [4.78, 5) is 14.4. The number of halogens is 1. The van der Waals surface area contributed by atoms with E-state index in [0.717, 1.165) is 23.4 Å². The highest BCUT2D eigenvalue weighted by atomic mass is 35.5. The maximum atomic E-state index is 12.6. The van der Waals surface area contributed by atoms with Crippen LogP contribution in [0.15, 0.2) is 54.6 Å². The van der Waals surface area contributed by atoms with Crippen molar-refractivity contribution in [2.75, 3.05) is 13.1 Å². The lowest BCUT2D eigenvalue weighted by atomic mass is 10.2. The maximum Gasteiger partial charge on any atom is 0.317 e. The normalized spacial score (nSPS) is 10.7. The lowest BCUT2D eigenvalue weighted by Gasteiger charge is -2.23. The SMILES string of the molecule is CCCN(Cc1c(C)nn(-c2ccccc2)c1Oc1ccc(Cl)cc1)C(=O)NCC. The van der Waals surface area contributed by atoms with Crippen LogP contribution in [0.25, 0.3) is 5.69 Å². The van der Waals surface area contributed by atoms with Crippen LogP contribution in [0.5, 0.6) is 11.6 Å². The van der Waals surface area contributed by atoms with Gasteiger partial charge >= 0.3 is 6.03 Å². The van der Waals surface area contributed by atoms with E-state index in [-0.39, 0.29) is 6.03 Å². The van der Waals surface area contributed by atoms with Crippen molar-refractivity contribution in [3.8, 4) is 17.3 Å². The third kappa shape index (κ3) is 5.13. The van der Waals surface area contributed by atoms with Crippen LogP contribution in [0.4, 0.5) is 4.79 Å². The van der Waals surface area contributed by atoms with E-state index in [0.29, 0.717) is 36.3 Å². The molecule has 0 saturated carbocycles. The molecule has 0 bridgehead atoms. The van der Waals surface area contributed by atoms with Gasteiger partial charge in [-0.05, 0) is 56.7 Å². The zero-order chi connectivity index (χ0) is 21.5. The molecule has 0 spiro atoms. The fourth-order valence-corrected chi connectivity index (χ4v) is 3.29. The molecule has 6 nitrogen and oxygen atoms in total. The molecule has 0 aliphatic heterocycles. The summed E-state index contributed by atoms with van der Waals surface area (Å²) in [6.07, 6.45) is 0.858. The Balaban J connectivity index is 2.03. The first-order chi connectivity index (χ1) is 14.5. The van der Waals surface area contributed by atoms with Crippen LogP contribution < -0.4 is 10.1 Å². The van der Waals surface area contributed by atoms with E-state index in [1.54, 1.807) is 21.7 Å². The monoisotopic (exact) mass is 426 g/mol. The van der Waals surface area contributed by atoms with Crippen molar-refractivity contribution in [2.45, 2.75) is 33.7 Å². The van der Waals surface area contributed by atoms with E-state index >= 15 is 0 Å². The zero-order valence-electron chi connectivity index (χ0n) is 17.6. The topological polar surface area (TPSA) is 59.4 Å². The summed E-state index contributed by atoms with van der Waals surface area (Å²) < 4.78 is 8.05. The van der Waals surface area contributed by atoms with Gasteiger partial charge in [0.05, 0.1) is 23.5 Å². The minimum absolute atomic E-state index is 0.0938. The Hall–Kier alpha value is -2.99. The van der Waals surface area contributed by atoms with Crippen LogP contribution in [0.1, 0.15) is 31.5 Å². The first-order valence-corrected chi connectivity index (χ1v) is 10.5. The number of amides is 2. The van der Waals surface area contributed by atoms with Gasteiger partial charge in [0, 0.05) is 18.1 Å². The number of carbonyl (C=O) groups is 1. The predicted octanol–water partition coefficient (Wildman–Crippen LogP) is 5.57. The molecule has 2 amide bonds. The molecule has 0 atom stereocenters. The number of carbonyl (C=O) groups excluding carboxylic acids is 1. The van der Waals surface area contributed by atoms with E-state index < -0.39 is 0 Å². The molecule has 1 aromatic heterocycles. The van der Waals surface area contributed by atoms with Gasteiger partial charge < -0.3 is 15.0 Å². The van der Waals surface area contributed by atoms with E-state index in [4.69, 9.17) is 21.4 Å². The summed E-state index contributed by atoms with van der Waals surface area (Å²) >= 11 is 6.02. The average Bonchev–Trinajstić information content (AvgIpc) is 3.05. The van der Waals surface area contributed by atoms with E-state index in [2.05, 4.69) is 12.2 Å². The van der Waals surface area contributed by atoms with Crippen molar-refractivity contribution < 1.29 is 9.53 Å². The number of nitrogens with one attached hydrogen (secondary N) is 1. The summed E-state index contributed by atoms with van der Waals surface area (Å²) in [6.45, 7) is 7.53. The van der Waals surface area contributed by atoms with Gasteiger partial charge in [-0.2, -0.15) is 5.10 Å². The molecule has 0 aliphatic rings. The second-order valence-electron chi connectivity index (χ2n) is 6.93. The van der Waals surface area contributed by atoms with Gasteiger partial charge in [-0.1, -0.05) is 36.7 Å². The van der Waals surface area contributed by atoms with Crippen LogP contribution in [0.3, 0.4) is 0 Å². The van der Waals surface area contributed by atoms with Gasteiger partial charge in [0.25, 0.3) is 0 Å². The Kier molecular flexibility index (Phi) is 7.36. The molecule has 1 N–H and O–H groups in total. The summed E-state index contributed by atoms with van der Waals surface area (Å²) in [5.74, 6) is 1.24. The van der Waals surface area contributed by atoms with E-state index in [1.807, 2.05) is 56.3 Å². The smallest absolute Gasteiger partial charge is 0.317 e. The van der Waals surface area contributed by atoms with Crippen LogP contribution in [0.2, 0.25) is 5.02 Å². The highest BCUT2D eigenvalue weighted by molar-refractivity contribution is 6.30. The van der Waals surface area contributed by atoms with Crippen molar-refractivity contribution in [3.63, 3.8) is 0 Å². The number of aromatic nitrogens is 2. The Morgan fingerprint density at radius 1 is 1.13 bits per heavy atom. The number of ether oxygens (including phenoxy) is 1. The maximum absolute atomic E-state index is 12.6. The molecule has 7 heteroatoms. The highest BCUT2D eigenvalue weighted by Gasteiger charge is 2.23. The summed E-state index contributed by atoms with van der Waals surface area (Å²) in [6, 6.07) is 16.9. The van der Waals surface area contributed by atoms with Crippen molar-refractivity contribution in [1.29, 1.82) is 0 Å². The van der Waals surface area contributed by atoms with Crippen LogP contribution in [0, 0.1) is 6.92 Å². The lowest BCUT2D eigenvalue weighted by Crippen LogP contribution is -2.39. The van der Waals surface area contributed by atoms with Crippen molar-refractivity contribution in [1.82, 2.24) is 20.0 Å². The van der Waals surface area contributed by atoms with Crippen molar-refractivity contribution in [3.05, 3.63) is 70.9 Å². The molecule has 158 valence electrons. The number of nitrogens with zero attached hydrogens (tertiary/aromatic N) is 3. The third-order valence-corrected chi connectivity index (χ3v) is 4.88. The molecule has 0 unspecified atom stereocenters. The first kappa shape index (κ1) is 21.7. The number of aryl methyl sites for hydroxylation is 1. The van der Waals surface area contributed by atoms with Gasteiger partial charge in [0.1, 0.15) is 5.75 Å². The molecule has 30 heavy (non-hydrogen) atoms. The summed E-state index contributed by atoms with van der Waals surface area (Å²) in [7, 11) is 0. The Bertz CT molecular complexity index is 971. The number of hydrogen-bond acceptors (Lipinski definition) is 3. The predicted molar refractivity (Wildman–Crippen MR) is 120 cm³/mol. The zero-order valence-corrected chi connectivity index (χ0v) is 18.3. The largest absolute Gasteiger partial charge is 0.439 e. The van der Waals surface area contributed by atoms with Crippen LogP contribution in [-0.4, -0.2) is 33.8 Å². The summed E-state index contributed by atoms with van der Waals surface area (Å²) in [5.41, 5.74) is 2.57. The fraction of sp³-hybridized carbons (Fsp3) is 0.304. The van der Waals surface area contributed by atoms with Gasteiger partial charge in [-0.3, -0.25) is 0 Å². The molecule has 0 radical (unpaired) electrons. The minimum atomic E-state index is -0.0938. The third-order valence-electron chi connectivity index (χ3n) is 4.62. The number of rotatable bonds is 8. The standard InChI is InChI=1S/C23H27ClN4O2/c1-4-15-27(23(29)25-5-2)16-21-17(3)26-28(19-9-7-6-8-10-19)22(21)30-20-13-11-18(24)12-14-20/h6-14H,4-5,15-16H2,1-3H3,(H,25,29). The lowest BCUT2D eigenvalue weighted by molar-refractivity contribution is 0.195. The first-order valence-electron chi connectivity index (χ1n) is 10.1. The molecule has 0 aliphatic carbocycles. The molecule has 0 saturated heterocycles. The van der Waals surface area contributed by atoms with Crippen LogP contribution in [-0.2, 0) is 6.54 Å². The van der Waals surface area contributed by atoms with Crippen LogP contribution >= 0.6 is 11.6 Å². The van der Waals surface area contributed by atoms with Crippen molar-refractivity contribution in [2.24, 2.45) is 0 Å². The quantitative estimate of drug-likeness (QED) is 0.512. The molecule has 0 fully saturated rings. The molecule has 3 rings (SSSR count). The number of hydrogen-bond donors (Lipinski definition) is 1. The van der Waals surface area contributed by atoms with E-state index in [9.17, 15) is 4.79 Å². The Labute approximate surface area is 182 Å². The van der Waals surface area contributed by atoms with Crippen molar-refractivity contribution >= 4 is 17.6 Å². The molecule has 1 heterocycles. The van der Waals surface area contributed by atoms with Gasteiger partial charge in [-0.15, -0.1) is 0 Å². The second kappa shape index (κ2) is 10.2. The number of para-hydroxylation sites is 1. The van der Waals surface area contributed by atoms with Gasteiger partial charge in [0.15, 0.2) is 0 Å². The molecular weight excluding hydrogens is 400 g/mol. The Morgan fingerprint density at radius 3 is 2.47 bits per heavy atom. The van der Waals surface area contributed by atoms with Gasteiger partial charge in [-0.25, -0.2) is 9.48 Å². The Morgan fingerprint density at radius 2 is 1.83 bits per heavy atom.